The van der Waals surface area contributed by atoms with Crippen molar-refractivity contribution in [3.63, 3.8) is 0 Å². The number of methoxy groups -OCH3 is 1. The van der Waals surface area contributed by atoms with Crippen molar-refractivity contribution in [1.82, 2.24) is 0 Å². The van der Waals surface area contributed by atoms with E-state index in [-0.39, 0.29) is 24.5 Å². The highest BCUT2D eigenvalue weighted by molar-refractivity contribution is 5.50. The van der Waals surface area contributed by atoms with Crippen LogP contribution in [0.1, 0.15) is 42.9 Å². The van der Waals surface area contributed by atoms with Crippen LogP contribution in [-0.2, 0) is 6.61 Å². The van der Waals surface area contributed by atoms with Gasteiger partial charge in [0.05, 0.1) is 20.3 Å². The van der Waals surface area contributed by atoms with E-state index in [9.17, 15) is 10.2 Å². The van der Waals surface area contributed by atoms with E-state index in [1.54, 1.807) is 7.11 Å². The molecule has 3 heteroatoms. The van der Waals surface area contributed by atoms with Gasteiger partial charge in [-0.25, -0.2) is 0 Å². The van der Waals surface area contributed by atoms with Crippen LogP contribution in [0.25, 0.3) is 0 Å². The molecule has 4 rings (SSSR count). The highest BCUT2D eigenvalue weighted by atomic mass is 16.5. The molecule has 1 aromatic carbocycles. The average Bonchev–Trinajstić information content (AvgIpc) is 2.52. The van der Waals surface area contributed by atoms with Gasteiger partial charge in [-0.05, 0) is 53.4 Å². The summed E-state index contributed by atoms with van der Waals surface area (Å²) in [5.41, 5.74) is 4.47. The minimum absolute atomic E-state index is 0.0166. The molecule has 1 aromatic rings. The maximum Gasteiger partial charge on any atom is 0.123 e. The summed E-state index contributed by atoms with van der Waals surface area (Å²) < 4.78 is 5.62. The number of rotatable bonds is 4. The van der Waals surface area contributed by atoms with Crippen molar-refractivity contribution >= 4 is 0 Å². The Bertz CT molecular complexity index is 590. The predicted molar refractivity (Wildman–Crippen MR) is 86.9 cm³/mol. The Labute approximate surface area is 132 Å². The van der Waals surface area contributed by atoms with Crippen molar-refractivity contribution < 1.29 is 14.9 Å². The second-order valence-electron chi connectivity index (χ2n) is 7.34. The third kappa shape index (κ3) is 2.10. The number of aliphatic hydroxyl groups excluding tert-OH is 2. The third-order valence-electron chi connectivity index (χ3n) is 5.90. The van der Waals surface area contributed by atoms with Crippen LogP contribution in [0.15, 0.2) is 23.8 Å². The van der Waals surface area contributed by atoms with Gasteiger partial charge in [0.1, 0.15) is 5.75 Å². The van der Waals surface area contributed by atoms with Gasteiger partial charge in [0, 0.05) is 11.5 Å². The van der Waals surface area contributed by atoms with E-state index < -0.39 is 0 Å². The molecule has 3 atom stereocenters. The largest absolute Gasteiger partial charge is 0.496 e. The van der Waals surface area contributed by atoms with E-state index >= 15 is 0 Å². The Morgan fingerprint density at radius 1 is 1.23 bits per heavy atom. The summed E-state index contributed by atoms with van der Waals surface area (Å²) in [7, 11) is 1.69. The number of benzene rings is 1. The molecule has 1 fully saturated rings. The number of fused-ring (bicyclic) bond motifs is 1. The Morgan fingerprint density at radius 2 is 1.95 bits per heavy atom. The van der Waals surface area contributed by atoms with Crippen LogP contribution in [0.5, 0.6) is 5.75 Å². The lowest BCUT2D eigenvalue weighted by Crippen LogP contribution is -2.52. The summed E-state index contributed by atoms with van der Waals surface area (Å²) in [6.07, 6.45) is 3.34. The molecule has 3 unspecified atom stereocenters. The lowest BCUT2D eigenvalue weighted by atomic mass is 9.45. The zero-order chi connectivity index (χ0) is 16.1. The van der Waals surface area contributed by atoms with Crippen LogP contribution in [0.3, 0.4) is 0 Å². The molecule has 0 radical (unpaired) electrons. The molecule has 2 bridgehead atoms. The standard InChI is InChI=1S/C19H26O3/c1-11-5-13(10-21)18(17(6-11)22-4)14-7-12(9-20)15-8-16(14)19(15,2)3/h5-7,14-16,20-21H,8-10H2,1-4H3. The molecule has 120 valence electrons. The van der Waals surface area contributed by atoms with Gasteiger partial charge in [0.15, 0.2) is 0 Å². The van der Waals surface area contributed by atoms with Crippen molar-refractivity contribution in [3.05, 3.63) is 40.5 Å². The number of hydrogen-bond acceptors (Lipinski definition) is 3. The van der Waals surface area contributed by atoms with Gasteiger partial charge < -0.3 is 14.9 Å². The fourth-order valence-electron chi connectivity index (χ4n) is 4.62. The SMILES string of the molecule is COc1cc(C)cc(CO)c1C1C=C(CO)C2CC1C2(C)C. The maximum absolute atomic E-state index is 9.82. The van der Waals surface area contributed by atoms with Gasteiger partial charge in [0.25, 0.3) is 0 Å². The summed E-state index contributed by atoms with van der Waals surface area (Å²) in [6.45, 7) is 6.74. The zero-order valence-electron chi connectivity index (χ0n) is 13.9. The first-order valence-corrected chi connectivity index (χ1v) is 8.03. The topological polar surface area (TPSA) is 49.7 Å². The van der Waals surface area contributed by atoms with E-state index in [2.05, 4.69) is 19.9 Å². The molecule has 0 amide bonds. The summed E-state index contributed by atoms with van der Waals surface area (Å²) in [5, 5.41) is 19.6. The molecular weight excluding hydrogens is 276 g/mol. The molecule has 0 spiro atoms. The van der Waals surface area contributed by atoms with Crippen LogP contribution < -0.4 is 4.74 Å². The molecule has 0 heterocycles. The minimum Gasteiger partial charge on any atom is -0.496 e. The summed E-state index contributed by atoms with van der Waals surface area (Å²) in [6, 6.07) is 4.08. The van der Waals surface area contributed by atoms with Crippen LogP contribution in [0, 0.1) is 24.2 Å². The first-order valence-electron chi connectivity index (χ1n) is 8.03. The predicted octanol–water partition coefficient (Wildman–Crippen LogP) is 3.17. The molecule has 3 nitrogen and oxygen atoms in total. The van der Waals surface area contributed by atoms with Crippen LogP contribution in [-0.4, -0.2) is 23.9 Å². The minimum atomic E-state index is 0.0166. The van der Waals surface area contributed by atoms with Gasteiger partial charge in [-0.15, -0.1) is 0 Å². The molecular formula is C19H26O3. The van der Waals surface area contributed by atoms with E-state index in [4.69, 9.17) is 4.74 Å². The van der Waals surface area contributed by atoms with Crippen molar-refractivity contribution in [1.29, 1.82) is 0 Å². The molecule has 3 aliphatic carbocycles. The molecule has 0 aromatic heterocycles. The highest BCUT2D eigenvalue weighted by Gasteiger charge is 2.55. The smallest absolute Gasteiger partial charge is 0.123 e. The van der Waals surface area contributed by atoms with Crippen molar-refractivity contribution in [3.8, 4) is 5.75 Å². The van der Waals surface area contributed by atoms with E-state index in [0.29, 0.717) is 11.8 Å². The first-order chi connectivity index (χ1) is 10.4. The highest BCUT2D eigenvalue weighted by Crippen LogP contribution is 2.64. The number of aryl methyl sites for hydroxylation is 1. The molecule has 0 aliphatic heterocycles. The monoisotopic (exact) mass is 302 g/mol. The van der Waals surface area contributed by atoms with E-state index in [1.165, 1.54) is 0 Å². The quantitative estimate of drug-likeness (QED) is 0.840. The number of ether oxygens (including phenoxy) is 1. The zero-order valence-corrected chi connectivity index (χ0v) is 13.9. The fraction of sp³-hybridized carbons (Fsp3) is 0.579. The molecule has 22 heavy (non-hydrogen) atoms. The number of aliphatic hydroxyl groups is 2. The van der Waals surface area contributed by atoms with Gasteiger partial charge in [-0.1, -0.05) is 26.0 Å². The van der Waals surface area contributed by atoms with Gasteiger partial charge >= 0.3 is 0 Å². The second-order valence-corrected chi connectivity index (χ2v) is 7.34. The van der Waals surface area contributed by atoms with Crippen LogP contribution in [0.2, 0.25) is 0 Å². The van der Waals surface area contributed by atoms with E-state index in [1.807, 2.05) is 19.1 Å². The second kappa shape index (κ2) is 5.39. The Kier molecular flexibility index (Phi) is 3.82. The van der Waals surface area contributed by atoms with Crippen molar-refractivity contribution in [2.24, 2.45) is 17.3 Å². The average molecular weight is 302 g/mol. The van der Waals surface area contributed by atoms with Crippen LogP contribution >= 0.6 is 0 Å². The Morgan fingerprint density at radius 3 is 2.50 bits per heavy atom. The summed E-state index contributed by atoms with van der Waals surface area (Å²) in [4.78, 5) is 0. The maximum atomic E-state index is 9.82. The molecule has 2 N–H and O–H groups in total. The molecule has 0 saturated heterocycles. The van der Waals surface area contributed by atoms with Gasteiger partial charge in [-0.3, -0.25) is 0 Å². The lowest BCUT2D eigenvalue weighted by molar-refractivity contribution is -0.0260. The molecule has 3 aliphatic rings. The Hall–Kier alpha value is -1.32. The van der Waals surface area contributed by atoms with Crippen molar-refractivity contribution in [2.45, 2.75) is 39.7 Å². The van der Waals surface area contributed by atoms with Gasteiger partial charge in [0.2, 0.25) is 0 Å². The van der Waals surface area contributed by atoms with Crippen LogP contribution in [0.4, 0.5) is 0 Å². The van der Waals surface area contributed by atoms with Gasteiger partial charge in [-0.2, -0.15) is 0 Å². The summed E-state index contributed by atoms with van der Waals surface area (Å²) in [5.74, 6) is 2.09. The first kappa shape index (κ1) is 15.6. The number of allylic oxidation sites excluding steroid dienone is 1. The lowest BCUT2D eigenvalue weighted by Gasteiger charge is -2.59. The third-order valence-corrected chi connectivity index (χ3v) is 5.90. The normalized spacial score (nSPS) is 28.8. The molecule has 1 saturated carbocycles. The number of hydrogen-bond donors (Lipinski definition) is 2. The van der Waals surface area contributed by atoms with E-state index in [0.717, 1.165) is 34.4 Å². The van der Waals surface area contributed by atoms with Crippen molar-refractivity contribution in [2.75, 3.05) is 13.7 Å². The summed E-state index contributed by atoms with van der Waals surface area (Å²) >= 11 is 0. The Balaban J connectivity index is 2.15. The fourth-order valence-corrected chi connectivity index (χ4v) is 4.62.